The monoisotopic (exact) mass is 285 g/mol. The fourth-order valence-electron chi connectivity index (χ4n) is 1.33. The Hall–Kier alpha value is -0.540. The third-order valence-electron chi connectivity index (χ3n) is 2.15. The maximum atomic E-state index is 5.65. The van der Waals surface area contributed by atoms with Crippen LogP contribution in [0.1, 0.15) is 26.3 Å². The summed E-state index contributed by atoms with van der Waals surface area (Å²) in [6.45, 7) is 9.84. The van der Waals surface area contributed by atoms with Gasteiger partial charge in [-0.05, 0) is 45.4 Å². The van der Waals surface area contributed by atoms with Crippen LogP contribution in [0, 0.1) is 6.92 Å². The van der Waals surface area contributed by atoms with Gasteiger partial charge in [0.15, 0.2) is 0 Å². The highest BCUT2D eigenvalue weighted by Gasteiger charge is 2.08. The van der Waals surface area contributed by atoms with Crippen molar-refractivity contribution in [2.75, 3.05) is 18.5 Å². The van der Waals surface area contributed by atoms with Crippen molar-refractivity contribution in [3.05, 3.63) is 28.2 Å². The average Bonchev–Trinajstić information content (AvgIpc) is 2.16. The van der Waals surface area contributed by atoms with E-state index in [1.807, 2.05) is 6.07 Å². The molecule has 0 amide bonds. The van der Waals surface area contributed by atoms with Gasteiger partial charge in [0, 0.05) is 16.7 Å². The van der Waals surface area contributed by atoms with E-state index >= 15 is 0 Å². The van der Waals surface area contributed by atoms with Crippen LogP contribution in [0.15, 0.2) is 22.7 Å². The van der Waals surface area contributed by atoms with Crippen LogP contribution in [-0.2, 0) is 4.74 Å². The van der Waals surface area contributed by atoms with E-state index < -0.39 is 0 Å². The largest absolute Gasteiger partial charge is 0.382 e. The van der Waals surface area contributed by atoms with Crippen LogP contribution in [-0.4, -0.2) is 18.8 Å². The number of halogens is 1. The topological polar surface area (TPSA) is 21.3 Å². The lowest BCUT2D eigenvalue weighted by atomic mass is 10.2. The molecule has 0 aliphatic heterocycles. The van der Waals surface area contributed by atoms with E-state index in [4.69, 9.17) is 4.74 Å². The zero-order valence-electron chi connectivity index (χ0n) is 10.4. The van der Waals surface area contributed by atoms with E-state index in [2.05, 4.69) is 61.1 Å². The van der Waals surface area contributed by atoms with Gasteiger partial charge in [0.05, 0.1) is 12.2 Å². The van der Waals surface area contributed by atoms with Gasteiger partial charge in [0.1, 0.15) is 0 Å². The second-order valence-corrected chi connectivity index (χ2v) is 5.76. The molecule has 0 bridgehead atoms. The van der Waals surface area contributed by atoms with Gasteiger partial charge in [-0.1, -0.05) is 22.0 Å². The Bertz CT molecular complexity index is 344. The van der Waals surface area contributed by atoms with Crippen molar-refractivity contribution in [2.45, 2.75) is 33.3 Å². The molecule has 0 aromatic heterocycles. The van der Waals surface area contributed by atoms with Crippen molar-refractivity contribution in [3.8, 4) is 0 Å². The highest BCUT2D eigenvalue weighted by atomic mass is 79.9. The molecule has 0 heterocycles. The summed E-state index contributed by atoms with van der Waals surface area (Å²) in [6, 6.07) is 6.23. The van der Waals surface area contributed by atoms with E-state index in [-0.39, 0.29) is 5.60 Å². The molecule has 0 saturated carbocycles. The lowest BCUT2D eigenvalue weighted by Crippen LogP contribution is -2.23. The summed E-state index contributed by atoms with van der Waals surface area (Å²) in [5.74, 6) is 0. The molecule has 0 unspecified atom stereocenters. The Morgan fingerprint density at radius 1 is 1.31 bits per heavy atom. The standard InChI is InChI=1S/C13H20BrNO/c1-10-5-6-11(14)9-12(10)15-7-8-16-13(2,3)4/h5-6,9,15H,7-8H2,1-4H3. The molecule has 1 N–H and O–H groups in total. The van der Waals surface area contributed by atoms with E-state index in [1.54, 1.807) is 0 Å². The van der Waals surface area contributed by atoms with Gasteiger partial charge >= 0.3 is 0 Å². The van der Waals surface area contributed by atoms with E-state index in [1.165, 1.54) is 5.56 Å². The first-order valence-corrected chi connectivity index (χ1v) is 6.32. The number of ether oxygens (including phenoxy) is 1. The molecule has 0 radical (unpaired) electrons. The zero-order valence-corrected chi connectivity index (χ0v) is 12.0. The second kappa shape index (κ2) is 5.69. The third kappa shape index (κ3) is 4.99. The fraction of sp³-hybridized carbons (Fsp3) is 0.538. The van der Waals surface area contributed by atoms with Crippen molar-refractivity contribution >= 4 is 21.6 Å². The summed E-state index contributed by atoms with van der Waals surface area (Å²) in [7, 11) is 0. The highest BCUT2D eigenvalue weighted by Crippen LogP contribution is 2.20. The third-order valence-corrected chi connectivity index (χ3v) is 2.65. The van der Waals surface area contributed by atoms with Crippen LogP contribution < -0.4 is 5.32 Å². The van der Waals surface area contributed by atoms with Crippen LogP contribution in [0.3, 0.4) is 0 Å². The Kier molecular flexibility index (Phi) is 4.81. The number of aryl methyl sites for hydroxylation is 1. The molecule has 0 aliphatic carbocycles. The van der Waals surface area contributed by atoms with Crippen LogP contribution in [0.4, 0.5) is 5.69 Å². The minimum Gasteiger partial charge on any atom is -0.382 e. The van der Waals surface area contributed by atoms with Crippen LogP contribution >= 0.6 is 15.9 Å². The molecule has 3 heteroatoms. The summed E-state index contributed by atoms with van der Waals surface area (Å²) in [5.41, 5.74) is 2.35. The maximum Gasteiger partial charge on any atom is 0.0646 e. The zero-order chi connectivity index (χ0) is 12.2. The Morgan fingerprint density at radius 3 is 2.62 bits per heavy atom. The second-order valence-electron chi connectivity index (χ2n) is 4.85. The SMILES string of the molecule is Cc1ccc(Br)cc1NCCOC(C)(C)C. The summed E-state index contributed by atoms with van der Waals surface area (Å²) in [4.78, 5) is 0. The highest BCUT2D eigenvalue weighted by molar-refractivity contribution is 9.10. The lowest BCUT2D eigenvalue weighted by molar-refractivity contribution is 0.00333. The van der Waals surface area contributed by atoms with Gasteiger partial charge in [-0.25, -0.2) is 0 Å². The van der Waals surface area contributed by atoms with Crippen molar-refractivity contribution in [1.29, 1.82) is 0 Å². The summed E-state index contributed by atoms with van der Waals surface area (Å²) >= 11 is 3.47. The quantitative estimate of drug-likeness (QED) is 0.845. The Labute approximate surface area is 107 Å². The number of anilines is 1. The molecule has 0 spiro atoms. The van der Waals surface area contributed by atoms with Crippen LogP contribution in [0.25, 0.3) is 0 Å². The number of hydrogen-bond donors (Lipinski definition) is 1. The molecular formula is C13H20BrNO. The van der Waals surface area contributed by atoms with Gasteiger partial charge in [-0.3, -0.25) is 0 Å². The maximum absolute atomic E-state index is 5.65. The summed E-state index contributed by atoms with van der Waals surface area (Å²) in [6.07, 6.45) is 0. The number of hydrogen-bond acceptors (Lipinski definition) is 2. The Morgan fingerprint density at radius 2 is 2.00 bits per heavy atom. The normalized spacial score (nSPS) is 11.6. The molecule has 1 aromatic carbocycles. The van der Waals surface area contributed by atoms with Gasteiger partial charge in [0.2, 0.25) is 0 Å². The van der Waals surface area contributed by atoms with Crippen molar-refractivity contribution < 1.29 is 4.74 Å². The van der Waals surface area contributed by atoms with E-state index in [0.29, 0.717) is 0 Å². The number of benzene rings is 1. The molecule has 0 saturated heterocycles. The van der Waals surface area contributed by atoms with E-state index in [0.717, 1.165) is 23.3 Å². The number of rotatable bonds is 4. The van der Waals surface area contributed by atoms with Gasteiger partial charge in [-0.2, -0.15) is 0 Å². The fourth-order valence-corrected chi connectivity index (χ4v) is 1.69. The van der Waals surface area contributed by atoms with Crippen LogP contribution in [0.5, 0.6) is 0 Å². The van der Waals surface area contributed by atoms with E-state index in [9.17, 15) is 0 Å². The first-order chi connectivity index (χ1) is 7.38. The minimum atomic E-state index is -0.0615. The molecule has 0 atom stereocenters. The molecule has 0 fully saturated rings. The molecule has 2 nitrogen and oxygen atoms in total. The number of nitrogens with one attached hydrogen (secondary N) is 1. The first kappa shape index (κ1) is 13.5. The molecule has 1 rings (SSSR count). The summed E-state index contributed by atoms with van der Waals surface area (Å²) in [5, 5.41) is 3.37. The van der Waals surface area contributed by atoms with Crippen molar-refractivity contribution in [3.63, 3.8) is 0 Å². The Balaban J connectivity index is 2.40. The van der Waals surface area contributed by atoms with Crippen LogP contribution in [0.2, 0.25) is 0 Å². The van der Waals surface area contributed by atoms with Gasteiger partial charge < -0.3 is 10.1 Å². The van der Waals surface area contributed by atoms with Gasteiger partial charge in [-0.15, -0.1) is 0 Å². The smallest absolute Gasteiger partial charge is 0.0646 e. The van der Waals surface area contributed by atoms with Crippen molar-refractivity contribution in [1.82, 2.24) is 0 Å². The molecular weight excluding hydrogens is 266 g/mol. The molecule has 90 valence electrons. The first-order valence-electron chi connectivity index (χ1n) is 5.52. The summed E-state index contributed by atoms with van der Waals surface area (Å²) < 4.78 is 6.74. The molecule has 1 aromatic rings. The van der Waals surface area contributed by atoms with Gasteiger partial charge in [0.25, 0.3) is 0 Å². The minimum absolute atomic E-state index is 0.0615. The predicted octanol–water partition coefficient (Wildman–Crippen LogP) is 3.98. The predicted molar refractivity (Wildman–Crippen MR) is 73.1 cm³/mol. The average molecular weight is 286 g/mol. The molecule has 0 aliphatic rings. The lowest BCUT2D eigenvalue weighted by Gasteiger charge is -2.20. The van der Waals surface area contributed by atoms with Crippen molar-refractivity contribution in [2.24, 2.45) is 0 Å². The molecule has 16 heavy (non-hydrogen) atoms.